The van der Waals surface area contributed by atoms with Crippen LogP contribution in [0.3, 0.4) is 0 Å². The molecule has 2 N–H and O–H groups in total. The maximum absolute atomic E-state index is 12.3. The number of hydrogen-bond donors (Lipinski definition) is 2. The maximum Gasteiger partial charge on any atom is 0.240 e. The molecule has 0 radical (unpaired) electrons. The summed E-state index contributed by atoms with van der Waals surface area (Å²) >= 11 is 2.88. The number of thiophene rings is 2. The van der Waals surface area contributed by atoms with E-state index in [1.54, 1.807) is 12.1 Å². The Labute approximate surface area is 154 Å². The Bertz CT molecular complexity index is 915. The Balaban J connectivity index is 1.66. The summed E-state index contributed by atoms with van der Waals surface area (Å²) in [5.41, 5.74) is 0. The smallest absolute Gasteiger partial charge is 0.240 e. The molecule has 0 saturated heterocycles. The molecular formula is C17H17NO4S3. The van der Waals surface area contributed by atoms with Crippen LogP contribution in [0.1, 0.15) is 20.7 Å². The van der Waals surface area contributed by atoms with Crippen LogP contribution >= 0.6 is 22.7 Å². The molecule has 2 heterocycles. The van der Waals surface area contributed by atoms with Crippen molar-refractivity contribution < 1.29 is 18.3 Å². The van der Waals surface area contributed by atoms with Crippen molar-refractivity contribution in [1.29, 1.82) is 0 Å². The molecule has 2 aromatic heterocycles. The first-order valence-corrected chi connectivity index (χ1v) is 10.6. The van der Waals surface area contributed by atoms with Crippen LogP contribution in [0.15, 0.2) is 58.8 Å². The summed E-state index contributed by atoms with van der Waals surface area (Å²) in [6, 6.07) is 13.6. The first-order chi connectivity index (χ1) is 12.0. The molecule has 0 aliphatic rings. The fourth-order valence-electron chi connectivity index (χ4n) is 2.23. The molecule has 0 amide bonds. The summed E-state index contributed by atoms with van der Waals surface area (Å²) in [7, 11) is -2.07. The minimum atomic E-state index is -3.60. The Kier molecular flexibility index (Phi) is 5.55. The SMILES string of the molecule is COc1ccc(S(=O)(=O)NCc2ccc(C(O)c3cccs3)s2)cc1. The van der Waals surface area contributed by atoms with Crippen molar-refractivity contribution in [1.82, 2.24) is 4.72 Å². The highest BCUT2D eigenvalue weighted by Crippen LogP contribution is 2.31. The van der Waals surface area contributed by atoms with Gasteiger partial charge < -0.3 is 9.84 Å². The summed E-state index contributed by atoms with van der Waals surface area (Å²) in [5.74, 6) is 0.601. The molecular weight excluding hydrogens is 378 g/mol. The number of hydrogen-bond acceptors (Lipinski definition) is 6. The number of ether oxygens (including phenoxy) is 1. The minimum absolute atomic E-state index is 0.177. The van der Waals surface area contributed by atoms with Gasteiger partial charge in [0, 0.05) is 21.2 Å². The third kappa shape index (κ3) is 4.28. The zero-order valence-corrected chi connectivity index (χ0v) is 15.8. The van der Waals surface area contributed by atoms with E-state index in [2.05, 4.69) is 4.72 Å². The van der Waals surface area contributed by atoms with E-state index in [9.17, 15) is 13.5 Å². The third-order valence-corrected chi connectivity index (χ3v) is 7.05. The highest BCUT2D eigenvalue weighted by Gasteiger charge is 2.17. The van der Waals surface area contributed by atoms with E-state index >= 15 is 0 Å². The van der Waals surface area contributed by atoms with E-state index < -0.39 is 16.1 Å². The molecule has 0 bridgehead atoms. The first kappa shape index (κ1) is 18.1. The summed E-state index contributed by atoms with van der Waals surface area (Å²) in [6.07, 6.45) is -0.669. The molecule has 0 spiro atoms. The average molecular weight is 396 g/mol. The van der Waals surface area contributed by atoms with E-state index in [1.807, 2.05) is 29.6 Å². The molecule has 5 nitrogen and oxygen atoms in total. The quantitative estimate of drug-likeness (QED) is 0.643. The fraction of sp³-hybridized carbons (Fsp3) is 0.176. The van der Waals surface area contributed by atoms with Crippen molar-refractivity contribution in [2.24, 2.45) is 0 Å². The lowest BCUT2D eigenvalue weighted by molar-refractivity contribution is 0.228. The molecule has 0 fully saturated rings. The second-order valence-corrected chi connectivity index (χ2v) is 9.17. The molecule has 1 aromatic carbocycles. The maximum atomic E-state index is 12.3. The van der Waals surface area contributed by atoms with E-state index in [0.717, 1.165) is 14.6 Å². The van der Waals surface area contributed by atoms with Crippen LogP contribution in [-0.2, 0) is 16.6 Å². The lowest BCUT2D eigenvalue weighted by atomic mass is 10.2. The number of sulfonamides is 1. The number of nitrogens with one attached hydrogen (secondary N) is 1. The molecule has 3 aromatic rings. The molecule has 1 unspecified atom stereocenters. The standard InChI is InChI=1S/C17H17NO4S3/c1-22-12-4-7-14(8-5-12)25(20,21)18-11-13-6-9-16(24-13)17(19)15-3-2-10-23-15/h2-10,17-19H,11H2,1H3. The second kappa shape index (κ2) is 7.67. The van der Waals surface area contributed by atoms with Crippen molar-refractivity contribution in [3.05, 3.63) is 68.5 Å². The van der Waals surface area contributed by atoms with Crippen LogP contribution in [-0.4, -0.2) is 20.6 Å². The highest BCUT2D eigenvalue weighted by atomic mass is 32.2. The van der Waals surface area contributed by atoms with Crippen LogP contribution in [0.4, 0.5) is 0 Å². The van der Waals surface area contributed by atoms with Crippen molar-refractivity contribution in [2.75, 3.05) is 7.11 Å². The van der Waals surface area contributed by atoms with Gasteiger partial charge in [0.15, 0.2) is 0 Å². The third-order valence-electron chi connectivity index (χ3n) is 3.57. The van der Waals surface area contributed by atoms with Gasteiger partial charge in [0.2, 0.25) is 10.0 Å². The molecule has 0 aliphatic carbocycles. The Morgan fingerprint density at radius 2 is 1.88 bits per heavy atom. The van der Waals surface area contributed by atoms with Gasteiger partial charge in [-0.15, -0.1) is 22.7 Å². The lowest BCUT2D eigenvalue weighted by Crippen LogP contribution is -2.22. The molecule has 25 heavy (non-hydrogen) atoms. The number of aliphatic hydroxyl groups excluding tert-OH is 1. The zero-order chi connectivity index (χ0) is 17.9. The predicted octanol–water partition coefficient (Wildman–Crippen LogP) is 3.38. The molecule has 0 aliphatic heterocycles. The molecule has 1 atom stereocenters. The Morgan fingerprint density at radius 1 is 1.12 bits per heavy atom. The first-order valence-electron chi connectivity index (χ1n) is 7.43. The van der Waals surface area contributed by atoms with Crippen LogP contribution in [0, 0.1) is 0 Å². The number of benzene rings is 1. The molecule has 8 heteroatoms. The van der Waals surface area contributed by atoms with Gasteiger partial charge >= 0.3 is 0 Å². The number of methoxy groups -OCH3 is 1. The monoisotopic (exact) mass is 395 g/mol. The van der Waals surface area contributed by atoms with Gasteiger partial charge in [-0.3, -0.25) is 0 Å². The summed E-state index contributed by atoms with van der Waals surface area (Å²) < 4.78 is 32.3. The van der Waals surface area contributed by atoms with E-state index in [-0.39, 0.29) is 11.4 Å². The average Bonchev–Trinajstić information content (AvgIpc) is 3.31. The van der Waals surface area contributed by atoms with Gasteiger partial charge in [0.25, 0.3) is 0 Å². The summed E-state index contributed by atoms with van der Waals surface area (Å²) in [4.78, 5) is 2.68. The number of aliphatic hydroxyl groups is 1. The molecule has 132 valence electrons. The van der Waals surface area contributed by atoms with Crippen LogP contribution < -0.4 is 9.46 Å². The fourth-order valence-corrected chi connectivity index (χ4v) is 5.09. The number of rotatable bonds is 7. The van der Waals surface area contributed by atoms with Crippen molar-refractivity contribution in [3.63, 3.8) is 0 Å². The largest absolute Gasteiger partial charge is 0.497 e. The van der Waals surface area contributed by atoms with Crippen molar-refractivity contribution >= 4 is 32.7 Å². The van der Waals surface area contributed by atoms with Crippen LogP contribution in [0.2, 0.25) is 0 Å². The minimum Gasteiger partial charge on any atom is -0.497 e. The molecule has 3 rings (SSSR count). The predicted molar refractivity (Wildman–Crippen MR) is 99.7 cm³/mol. The van der Waals surface area contributed by atoms with E-state index in [4.69, 9.17) is 4.74 Å². The second-order valence-electron chi connectivity index (χ2n) is 5.22. The molecule has 0 saturated carbocycles. The Morgan fingerprint density at radius 3 is 2.52 bits per heavy atom. The topological polar surface area (TPSA) is 75.6 Å². The van der Waals surface area contributed by atoms with Crippen LogP contribution in [0.5, 0.6) is 5.75 Å². The highest BCUT2D eigenvalue weighted by molar-refractivity contribution is 7.89. The lowest BCUT2D eigenvalue weighted by Gasteiger charge is -2.07. The van der Waals surface area contributed by atoms with E-state index in [0.29, 0.717) is 5.75 Å². The summed E-state index contributed by atoms with van der Waals surface area (Å²) in [6.45, 7) is 0.177. The van der Waals surface area contributed by atoms with Gasteiger partial charge in [-0.2, -0.15) is 0 Å². The van der Waals surface area contributed by atoms with Crippen LogP contribution in [0.25, 0.3) is 0 Å². The van der Waals surface area contributed by atoms with Gasteiger partial charge in [-0.1, -0.05) is 6.07 Å². The van der Waals surface area contributed by atoms with Gasteiger partial charge in [0.1, 0.15) is 11.9 Å². The van der Waals surface area contributed by atoms with Gasteiger partial charge in [-0.25, -0.2) is 13.1 Å². The summed E-state index contributed by atoms with van der Waals surface area (Å²) in [5, 5.41) is 12.2. The zero-order valence-electron chi connectivity index (χ0n) is 13.4. The van der Waals surface area contributed by atoms with E-state index in [1.165, 1.54) is 41.9 Å². The van der Waals surface area contributed by atoms with Crippen molar-refractivity contribution in [3.8, 4) is 5.75 Å². The Hall–Kier alpha value is -1.71. The normalized spacial score (nSPS) is 12.9. The van der Waals surface area contributed by atoms with Gasteiger partial charge in [-0.05, 0) is 47.8 Å². The van der Waals surface area contributed by atoms with Crippen molar-refractivity contribution in [2.45, 2.75) is 17.5 Å². The van der Waals surface area contributed by atoms with Gasteiger partial charge in [0.05, 0.1) is 12.0 Å².